The first-order chi connectivity index (χ1) is 23.7. The predicted octanol–water partition coefficient (Wildman–Crippen LogP) is 4.81. The van der Waals surface area contributed by atoms with Crippen LogP contribution < -0.4 is 20.7 Å². The molecule has 9 nitrogen and oxygen atoms in total. The van der Waals surface area contributed by atoms with Crippen molar-refractivity contribution in [2.24, 2.45) is 5.92 Å². The second-order valence-corrected chi connectivity index (χ2v) is 13.1. The molecule has 9 heteroatoms. The molecular weight excluding hydrogens is 616 g/mol. The molecule has 4 N–H and O–H groups in total. The molecule has 0 radical (unpaired) electrons. The van der Waals surface area contributed by atoms with Crippen LogP contribution in [0, 0.1) is 5.92 Å². The van der Waals surface area contributed by atoms with Crippen LogP contribution in [-0.4, -0.2) is 71.2 Å². The van der Waals surface area contributed by atoms with Gasteiger partial charge in [-0.15, -0.1) is 0 Å². The van der Waals surface area contributed by atoms with Gasteiger partial charge in [0.25, 0.3) is 0 Å². The third kappa shape index (κ3) is 10.2. The number of carbonyl (C=O) groups is 3. The summed E-state index contributed by atoms with van der Waals surface area (Å²) in [7, 11) is 0. The Bertz CT molecular complexity index is 1490. The summed E-state index contributed by atoms with van der Waals surface area (Å²) in [6, 6.07) is 26.1. The number of aliphatic hydroxyl groups is 1. The standard InChI is InChI=1S/C40H54N4O5/c1-5-29(4)40(43-37(46)6-2)23-24-44(39(40)48)35(22-21-30-15-10-8-11-16-30)38(47)42-34(26-31-17-12-9-13-18-31)36(45)28-41-27-32-19-14-20-33(25-32)49-7-3/h8-20,25,29,34-36,41,45H,5-7,21-24,26-28H2,1-4H3,(H,42,47)(H,43,46)/t29-,34-,35-,36+,40-/m0/s1. The van der Waals surface area contributed by atoms with Crippen molar-refractivity contribution in [1.29, 1.82) is 0 Å². The highest BCUT2D eigenvalue weighted by Gasteiger charge is 2.53. The number of nitrogens with one attached hydrogen (secondary N) is 3. The molecule has 0 aromatic heterocycles. The summed E-state index contributed by atoms with van der Waals surface area (Å²) >= 11 is 0. The van der Waals surface area contributed by atoms with Gasteiger partial charge in [-0.3, -0.25) is 14.4 Å². The number of hydrogen-bond donors (Lipinski definition) is 4. The van der Waals surface area contributed by atoms with Gasteiger partial charge in [0.2, 0.25) is 17.7 Å². The lowest BCUT2D eigenvalue weighted by Gasteiger charge is -2.36. The first-order valence-corrected chi connectivity index (χ1v) is 17.8. The molecule has 3 amide bonds. The van der Waals surface area contributed by atoms with Gasteiger partial charge in [-0.05, 0) is 67.3 Å². The molecule has 4 rings (SSSR count). The van der Waals surface area contributed by atoms with E-state index in [9.17, 15) is 19.5 Å². The summed E-state index contributed by atoms with van der Waals surface area (Å²) in [6.07, 6.45) is 1.92. The van der Waals surface area contributed by atoms with Crippen molar-refractivity contribution >= 4 is 17.7 Å². The Morgan fingerprint density at radius 1 is 0.939 bits per heavy atom. The molecule has 0 aliphatic carbocycles. The number of benzene rings is 3. The maximum absolute atomic E-state index is 14.4. The van der Waals surface area contributed by atoms with Gasteiger partial charge in [0.05, 0.1) is 18.8 Å². The smallest absolute Gasteiger partial charge is 0.249 e. The molecule has 1 saturated heterocycles. The van der Waals surface area contributed by atoms with E-state index in [0.29, 0.717) is 51.8 Å². The van der Waals surface area contributed by atoms with E-state index in [2.05, 4.69) is 16.0 Å². The summed E-state index contributed by atoms with van der Waals surface area (Å²) in [5.41, 5.74) is 2.01. The van der Waals surface area contributed by atoms with Crippen molar-refractivity contribution < 1.29 is 24.2 Å². The van der Waals surface area contributed by atoms with E-state index in [1.54, 1.807) is 11.8 Å². The molecule has 0 spiro atoms. The molecule has 1 aliphatic rings. The Labute approximate surface area is 291 Å². The number of carbonyl (C=O) groups excluding carboxylic acids is 3. The van der Waals surface area contributed by atoms with Crippen molar-refractivity contribution in [3.8, 4) is 5.75 Å². The van der Waals surface area contributed by atoms with Crippen molar-refractivity contribution in [3.63, 3.8) is 0 Å². The van der Waals surface area contributed by atoms with E-state index in [-0.39, 0.29) is 36.6 Å². The fourth-order valence-corrected chi connectivity index (χ4v) is 6.67. The van der Waals surface area contributed by atoms with E-state index >= 15 is 0 Å². The molecule has 3 aromatic carbocycles. The van der Waals surface area contributed by atoms with Crippen molar-refractivity contribution in [2.45, 2.75) is 96.5 Å². The van der Waals surface area contributed by atoms with Crippen LogP contribution in [0.4, 0.5) is 0 Å². The number of ether oxygens (including phenoxy) is 1. The van der Waals surface area contributed by atoms with E-state index < -0.39 is 23.7 Å². The molecule has 264 valence electrons. The van der Waals surface area contributed by atoms with Gasteiger partial charge in [0, 0.05) is 26.1 Å². The molecule has 1 heterocycles. The Morgan fingerprint density at radius 3 is 2.27 bits per heavy atom. The summed E-state index contributed by atoms with van der Waals surface area (Å²) in [6.45, 7) is 9.42. The van der Waals surface area contributed by atoms with Gasteiger partial charge in [-0.2, -0.15) is 0 Å². The van der Waals surface area contributed by atoms with Gasteiger partial charge >= 0.3 is 0 Å². The van der Waals surface area contributed by atoms with Crippen LogP contribution in [0.3, 0.4) is 0 Å². The van der Waals surface area contributed by atoms with Gasteiger partial charge in [-0.1, -0.05) is 100.0 Å². The molecule has 5 atom stereocenters. The van der Waals surface area contributed by atoms with Crippen LogP contribution in [0.15, 0.2) is 84.9 Å². The summed E-state index contributed by atoms with van der Waals surface area (Å²) in [4.78, 5) is 43.1. The van der Waals surface area contributed by atoms with Crippen LogP contribution in [-0.2, 0) is 33.8 Å². The third-order valence-electron chi connectivity index (χ3n) is 9.74. The second-order valence-electron chi connectivity index (χ2n) is 13.1. The van der Waals surface area contributed by atoms with Gasteiger partial charge in [-0.25, -0.2) is 0 Å². The van der Waals surface area contributed by atoms with E-state index in [1.807, 2.05) is 106 Å². The zero-order valence-electron chi connectivity index (χ0n) is 29.5. The van der Waals surface area contributed by atoms with Gasteiger partial charge < -0.3 is 30.7 Å². The molecule has 49 heavy (non-hydrogen) atoms. The number of hydrogen-bond acceptors (Lipinski definition) is 6. The average Bonchev–Trinajstić information content (AvgIpc) is 3.44. The lowest BCUT2D eigenvalue weighted by atomic mass is 9.81. The maximum atomic E-state index is 14.4. The fourth-order valence-electron chi connectivity index (χ4n) is 6.67. The van der Waals surface area contributed by atoms with Crippen LogP contribution in [0.25, 0.3) is 0 Å². The summed E-state index contributed by atoms with van der Waals surface area (Å²) < 4.78 is 5.63. The Balaban J connectivity index is 1.56. The molecule has 1 aliphatic heterocycles. The molecule has 1 fully saturated rings. The monoisotopic (exact) mass is 670 g/mol. The number of aryl methyl sites for hydroxylation is 1. The molecular formula is C40H54N4O5. The number of amides is 3. The van der Waals surface area contributed by atoms with Crippen molar-refractivity contribution in [1.82, 2.24) is 20.9 Å². The van der Waals surface area contributed by atoms with Crippen LogP contribution in [0.1, 0.15) is 70.1 Å². The summed E-state index contributed by atoms with van der Waals surface area (Å²) in [5, 5.41) is 21.1. The van der Waals surface area contributed by atoms with E-state index in [4.69, 9.17) is 4.74 Å². The van der Waals surface area contributed by atoms with Crippen LogP contribution in [0.2, 0.25) is 0 Å². The third-order valence-corrected chi connectivity index (χ3v) is 9.74. The summed E-state index contributed by atoms with van der Waals surface area (Å²) in [5.74, 6) is -0.0140. The number of likely N-dealkylation sites (tertiary alicyclic amines) is 1. The quantitative estimate of drug-likeness (QED) is 0.145. The molecule has 0 saturated carbocycles. The first-order valence-electron chi connectivity index (χ1n) is 17.8. The van der Waals surface area contributed by atoms with Crippen LogP contribution in [0.5, 0.6) is 5.75 Å². The fraction of sp³-hybridized carbons (Fsp3) is 0.475. The minimum atomic E-state index is -1.06. The first kappa shape index (κ1) is 37.6. The minimum absolute atomic E-state index is 0.105. The second kappa shape index (κ2) is 18.5. The van der Waals surface area contributed by atoms with Gasteiger partial charge in [0.1, 0.15) is 17.3 Å². The average molecular weight is 671 g/mol. The lowest BCUT2D eigenvalue weighted by Crippen LogP contribution is -2.61. The predicted molar refractivity (Wildman–Crippen MR) is 193 cm³/mol. The van der Waals surface area contributed by atoms with Crippen molar-refractivity contribution in [2.75, 3.05) is 19.7 Å². The Morgan fingerprint density at radius 2 is 1.61 bits per heavy atom. The zero-order valence-corrected chi connectivity index (χ0v) is 29.5. The van der Waals surface area contributed by atoms with E-state index in [0.717, 1.165) is 22.4 Å². The lowest BCUT2D eigenvalue weighted by molar-refractivity contribution is -0.144. The van der Waals surface area contributed by atoms with Crippen molar-refractivity contribution in [3.05, 3.63) is 102 Å². The van der Waals surface area contributed by atoms with E-state index in [1.165, 1.54) is 0 Å². The largest absolute Gasteiger partial charge is 0.494 e. The van der Waals surface area contributed by atoms with Crippen LogP contribution >= 0.6 is 0 Å². The highest BCUT2D eigenvalue weighted by molar-refractivity contribution is 5.97. The normalized spacial score (nSPS) is 18.4. The molecule has 0 bridgehead atoms. The topological polar surface area (TPSA) is 120 Å². The maximum Gasteiger partial charge on any atom is 0.249 e. The number of rotatable bonds is 19. The number of nitrogens with zero attached hydrogens (tertiary/aromatic N) is 1. The Hall–Kier alpha value is -4.21. The minimum Gasteiger partial charge on any atom is -0.494 e. The Kier molecular flexibility index (Phi) is 14.2. The SMILES string of the molecule is CCOc1cccc(CNC[C@@H](O)[C@H](Cc2ccccc2)NC(=O)[C@H](CCc2ccccc2)N2CC[C@](NC(=O)CC)([C@@H](C)CC)C2=O)c1. The van der Waals surface area contributed by atoms with Gasteiger partial charge in [0.15, 0.2) is 0 Å². The highest BCUT2D eigenvalue weighted by atomic mass is 16.5. The molecule has 3 aromatic rings. The number of aliphatic hydroxyl groups excluding tert-OH is 1. The molecule has 0 unspecified atom stereocenters. The highest BCUT2D eigenvalue weighted by Crippen LogP contribution is 2.34. The zero-order chi connectivity index (χ0) is 35.2.